The van der Waals surface area contributed by atoms with Crippen LogP contribution in [0.4, 0.5) is 18.0 Å². The van der Waals surface area contributed by atoms with Crippen LogP contribution in [0, 0.1) is 0 Å². The maximum atomic E-state index is 12.6. The minimum Gasteiger partial charge on any atom is -0.352 e. The van der Waals surface area contributed by atoms with Gasteiger partial charge in [-0.2, -0.15) is 13.2 Å². The first-order valence-corrected chi connectivity index (χ1v) is 7.15. The molecule has 0 aliphatic heterocycles. The molecule has 0 aromatic carbocycles. The molecule has 2 amide bonds. The summed E-state index contributed by atoms with van der Waals surface area (Å²) in [7, 11) is 0. The van der Waals surface area contributed by atoms with E-state index in [2.05, 4.69) is 31.2 Å². The number of hydrogen-bond acceptors (Lipinski definition) is 4. The lowest BCUT2D eigenvalue weighted by Gasteiger charge is -2.06. The Morgan fingerprint density at radius 1 is 1.48 bits per heavy atom. The number of nitrogens with one attached hydrogen (secondary N) is 1. The van der Waals surface area contributed by atoms with Crippen LogP contribution in [0.5, 0.6) is 0 Å². The molecule has 0 radical (unpaired) electrons. The molecule has 0 fully saturated rings. The van der Waals surface area contributed by atoms with Crippen molar-refractivity contribution in [2.24, 2.45) is 5.73 Å². The Morgan fingerprint density at radius 2 is 2.19 bits per heavy atom. The zero-order valence-corrected chi connectivity index (χ0v) is 12.6. The van der Waals surface area contributed by atoms with E-state index in [-0.39, 0.29) is 11.6 Å². The number of aromatic nitrogens is 2. The molecule has 112 valence electrons. The van der Waals surface area contributed by atoms with Crippen molar-refractivity contribution in [2.75, 3.05) is 0 Å². The lowest BCUT2D eigenvalue weighted by Crippen LogP contribution is -2.28. The van der Waals surface area contributed by atoms with Crippen molar-refractivity contribution >= 4 is 33.3 Å². The third-order valence-electron chi connectivity index (χ3n) is 2.38. The molecule has 0 atom stereocenters. The molecule has 0 aliphatic rings. The summed E-state index contributed by atoms with van der Waals surface area (Å²) in [5.41, 5.74) is 4.93. The molecule has 2 rings (SSSR count). The van der Waals surface area contributed by atoms with Gasteiger partial charge in [0.15, 0.2) is 5.69 Å². The summed E-state index contributed by atoms with van der Waals surface area (Å²) >= 11 is 4.09. The van der Waals surface area contributed by atoms with Crippen molar-refractivity contribution in [3.63, 3.8) is 0 Å². The van der Waals surface area contributed by atoms with Gasteiger partial charge in [0.05, 0.1) is 12.2 Å². The topological polar surface area (TPSA) is 80.9 Å². The van der Waals surface area contributed by atoms with Crippen LogP contribution in [0.15, 0.2) is 22.1 Å². The minimum atomic E-state index is -4.48. The summed E-state index contributed by atoms with van der Waals surface area (Å²) in [5.74, 6) is 0. The van der Waals surface area contributed by atoms with Crippen LogP contribution in [0.3, 0.4) is 0 Å². The fraction of sp³-hybridized carbons (Fsp3) is 0.182. The van der Waals surface area contributed by atoms with E-state index in [9.17, 15) is 18.0 Å². The quantitative estimate of drug-likeness (QED) is 0.857. The second kappa shape index (κ2) is 5.98. The van der Waals surface area contributed by atoms with E-state index in [1.54, 1.807) is 6.07 Å². The van der Waals surface area contributed by atoms with Crippen molar-refractivity contribution in [3.05, 3.63) is 33.5 Å². The van der Waals surface area contributed by atoms with Crippen molar-refractivity contribution in [1.29, 1.82) is 0 Å². The SMILES string of the molecule is NC(=O)NCc1cc(-c2nc(C(F)(F)F)cs2)c(Br)cn1. The number of thiazole rings is 1. The molecule has 2 heterocycles. The number of carbonyl (C=O) groups is 1. The Bertz CT molecular complexity index is 674. The first-order chi connectivity index (χ1) is 9.77. The standard InChI is InChI=1S/C11H8BrF3N4OS/c12-7-3-17-5(2-18-10(16)20)1-6(7)9-19-8(4-21-9)11(13,14)15/h1,3-4H,2H2,(H3,16,18,20). The fourth-order valence-corrected chi connectivity index (χ4v) is 2.84. The number of carbonyl (C=O) groups excluding carboxylic acids is 1. The van der Waals surface area contributed by atoms with Crippen LogP contribution in [0.2, 0.25) is 0 Å². The summed E-state index contributed by atoms with van der Waals surface area (Å²) in [6, 6.07) is 0.828. The van der Waals surface area contributed by atoms with Gasteiger partial charge in [-0.05, 0) is 22.0 Å². The van der Waals surface area contributed by atoms with Crippen LogP contribution < -0.4 is 11.1 Å². The van der Waals surface area contributed by atoms with Crippen LogP contribution in [-0.4, -0.2) is 16.0 Å². The number of primary amides is 1. The number of urea groups is 1. The molecule has 0 aliphatic carbocycles. The Morgan fingerprint density at radius 3 is 2.76 bits per heavy atom. The molecule has 0 saturated carbocycles. The Hall–Kier alpha value is -1.68. The second-order valence-corrected chi connectivity index (χ2v) is 5.62. The number of alkyl halides is 3. The predicted molar refractivity (Wildman–Crippen MR) is 74.5 cm³/mol. The van der Waals surface area contributed by atoms with Crippen molar-refractivity contribution < 1.29 is 18.0 Å². The van der Waals surface area contributed by atoms with Gasteiger partial charge >= 0.3 is 12.2 Å². The smallest absolute Gasteiger partial charge is 0.352 e. The van der Waals surface area contributed by atoms with Gasteiger partial charge < -0.3 is 11.1 Å². The summed E-state index contributed by atoms with van der Waals surface area (Å²) in [5, 5.41) is 3.51. The molecule has 2 aromatic heterocycles. The van der Waals surface area contributed by atoms with Gasteiger partial charge in [-0.3, -0.25) is 4.98 Å². The second-order valence-electron chi connectivity index (χ2n) is 3.91. The van der Waals surface area contributed by atoms with Gasteiger partial charge in [0.1, 0.15) is 5.01 Å². The largest absolute Gasteiger partial charge is 0.434 e. The number of nitrogens with two attached hydrogens (primary N) is 1. The van der Waals surface area contributed by atoms with Gasteiger partial charge in [0.25, 0.3) is 0 Å². The van der Waals surface area contributed by atoms with Gasteiger partial charge in [-0.1, -0.05) is 0 Å². The average molecular weight is 381 g/mol. The highest BCUT2D eigenvalue weighted by molar-refractivity contribution is 9.10. The molecule has 5 nitrogen and oxygen atoms in total. The van der Waals surface area contributed by atoms with E-state index >= 15 is 0 Å². The van der Waals surface area contributed by atoms with E-state index in [1.165, 1.54) is 6.20 Å². The zero-order valence-electron chi connectivity index (χ0n) is 10.2. The number of halogens is 4. The highest BCUT2D eigenvalue weighted by Gasteiger charge is 2.34. The third-order valence-corrected chi connectivity index (χ3v) is 3.89. The van der Waals surface area contributed by atoms with E-state index < -0.39 is 17.9 Å². The summed E-state index contributed by atoms with van der Waals surface area (Å²) in [4.78, 5) is 18.2. The van der Waals surface area contributed by atoms with Gasteiger partial charge in [-0.15, -0.1) is 11.3 Å². The first kappa shape index (κ1) is 15.7. The van der Waals surface area contributed by atoms with E-state index in [0.29, 0.717) is 15.7 Å². The monoisotopic (exact) mass is 380 g/mol. The lowest BCUT2D eigenvalue weighted by atomic mass is 10.2. The lowest BCUT2D eigenvalue weighted by molar-refractivity contribution is -0.140. The van der Waals surface area contributed by atoms with Crippen molar-refractivity contribution in [2.45, 2.75) is 12.7 Å². The summed E-state index contributed by atoms with van der Waals surface area (Å²) in [6.45, 7) is 0.0765. The average Bonchev–Trinajstić information content (AvgIpc) is 2.87. The maximum Gasteiger partial charge on any atom is 0.434 e. The predicted octanol–water partition coefficient (Wildman–Crippen LogP) is 3.15. The molecule has 0 spiro atoms. The molecular formula is C11H8BrF3N4OS. The highest BCUT2D eigenvalue weighted by atomic mass is 79.9. The van der Waals surface area contributed by atoms with Crippen LogP contribution in [0.25, 0.3) is 10.6 Å². The van der Waals surface area contributed by atoms with Crippen molar-refractivity contribution in [3.8, 4) is 10.6 Å². The molecule has 21 heavy (non-hydrogen) atoms. The molecule has 3 N–H and O–H groups in total. The van der Waals surface area contributed by atoms with Crippen LogP contribution >= 0.6 is 27.3 Å². The van der Waals surface area contributed by atoms with Crippen molar-refractivity contribution in [1.82, 2.24) is 15.3 Å². The maximum absolute atomic E-state index is 12.6. The Balaban J connectivity index is 2.32. The van der Waals surface area contributed by atoms with E-state index in [1.807, 2.05) is 0 Å². The Labute approximate surface area is 129 Å². The molecule has 10 heteroatoms. The first-order valence-electron chi connectivity index (χ1n) is 5.48. The molecule has 0 saturated heterocycles. The highest BCUT2D eigenvalue weighted by Crippen LogP contribution is 2.36. The number of rotatable bonds is 3. The molecule has 0 unspecified atom stereocenters. The zero-order chi connectivity index (χ0) is 15.6. The number of amides is 2. The van der Waals surface area contributed by atoms with Crippen LogP contribution in [0.1, 0.15) is 11.4 Å². The number of nitrogens with zero attached hydrogens (tertiary/aromatic N) is 2. The van der Waals surface area contributed by atoms with Crippen LogP contribution in [-0.2, 0) is 12.7 Å². The fourth-order valence-electron chi connectivity index (χ4n) is 1.45. The van der Waals surface area contributed by atoms with Gasteiger partial charge in [0.2, 0.25) is 0 Å². The summed E-state index contributed by atoms with van der Waals surface area (Å²) in [6.07, 6.45) is -3.05. The molecule has 0 bridgehead atoms. The molecule has 2 aromatic rings. The van der Waals surface area contributed by atoms with E-state index in [4.69, 9.17) is 5.73 Å². The minimum absolute atomic E-state index is 0.0765. The number of hydrogen-bond donors (Lipinski definition) is 2. The van der Waals surface area contributed by atoms with Gasteiger partial charge in [-0.25, -0.2) is 9.78 Å². The molecular weight excluding hydrogens is 373 g/mol. The van der Waals surface area contributed by atoms with Gasteiger partial charge in [0, 0.05) is 21.6 Å². The number of pyridine rings is 1. The van der Waals surface area contributed by atoms with E-state index in [0.717, 1.165) is 16.7 Å². The summed E-state index contributed by atoms with van der Waals surface area (Å²) < 4.78 is 38.2. The third kappa shape index (κ3) is 3.91. The normalized spacial score (nSPS) is 11.4. The Kier molecular flexibility index (Phi) is 4.47.